The van der Waals surface area contributed by atoms with Crippen LogP contribution in [0.3, 0.4) is 0 Å². The summed E-state index contributed by atoms with van der Waals surface area (Å²) in [5.74, 6) is 0.109. The molecule has 1 aromatic heterocycles. The molecule has 0 saturated heterocycles. The van der Waals surface area contributed by atoms with Gasteiger partial charge in [-0.15, -0.1) is 37.1 Å². The lowest BCUT2D eigenvalue weighted by atomic mass is 9.96. The molecule has 3 rings (SSSR count). The number of nitrogens with zero attached hydrogens (tertiary/aromatic N) is 2. The van der Waals surface area contributed by atoms with Crippen LogP contribution in [0.4, 0.5) is 18.9 Å². The van der Waals surface area contributed by atoms with E-state index < -0.39 is 6.36 Å². The number of ether oxygens (including phenoxy) is 2. The summed E-state index contributed by atoms with van der Waals surface area (Å²) < 4.78 is 47.1. The van der Waals surface area contributed by atoms with Crippen molar-refractivity contribution in [2.24, 2.45) is 10.7 Å². The number of aliphatic imine (C=N–C) groups is 1. The van der Waals surface area contributed by atoms with Gasteiger partial charge in [-0.2, -0.15) is 0 Å². The molecule has 6 nitrogen and oxygen atoms in total. The zero-order valence-electron chi connectivity index (χ0n) is 14.8. The number of anilines is 1. The van der Waals surface area contributed by atoms with E-state index in [9.17, 15) is 13.2 Å². The molecule has 1 saturated carbocycles. The summed E-state index contributed by atoms with van der Waals surface area (Å²) in [7, 11) is 0. The molecule has 1 aliphatic carbocycles. The third-order valence-corrected chi connectivity index (χ3v) is 3.95. The molecule has 0 amide bonds. The smallest absolute Gasteiger partial charge is 0.474 e. The predicted octanol–water partition coefficient (Wildman–Crippen LogP) is 4.46. The number of nitrogens with two attached hydrogens (primary N) is 1. The predicted molar refractivity (Wildman–Crippen MR) is 110 cm³/mol. The molecule has 10 heteroatoms. The van der Waals surface area contributed by atoms with Crippen LogP contribution in [0.5, 0.6) is 11.6 Å². The fourth-order valence-corrected chi connectivity index (χ4v) is 2.41. The Morgan fingerprint density at radius 3 is 2.68 bits per heavy atom. The number of rotatable bonds is 6. The van der Waals surface area contributed by atoms with E-state index in [1.165, 1.54) is 18.2 Å². The lowest BCUT2D eigenvalue weighted by molar-refractivity contribution is -0.274. The van der Waals surface area contributed by atoms with Gasteiger partial charge in [-0.05, 0) is 43.0 Å². The molecule has 1 fully saturated rings. The SMILES string of the molecule is I.NC(=NCc1ccnc(OC2CCC2)c1)Nc1ccccc1OC(F)(F)F. The van der Waals surface area contributed by atoms with Crippen molar-refractivity contribution in [1.29, 1.82) is 0 Å². The zero-order chi connectivity index (χ0) is 19.3. The number of hydrogen-bond donors (Lipinski definition) is 2. The maximum atomic E-state index is 12.5. The van der Waals surface area contributed by atoms with E-state index in [1.54, 1.807) is 24.4 Å². The first kappa shape index (κ1) is 22.1. The van der Waals surface area contributed by atoms with Crippen LogP contribution in [-0.2, 0) is 6.54 Å². The van der Waals surface area contributed by atoms with Crippen molar-refractivity contribution in [3.05, 3.63) is 48.2 Å². The normalized spacial score (nSPS) is 14.6. The minimum Gasteiger partial charge on any atom is -0.474 e. The number of alkyl halides is 3. The van der Waals surface area contributed by atoms with Crippen LogP contribution in [-0.4, -0.2) is 23.4 Å². The van der Waals surface area contributed by atoms with Gasteiger partial charge in [-0.1, -0.05) is 12.1 Å². The number of benzene rings is 1. The van der Waals surface area contributed by atoms with Crippen LogP contribution in [0.15, 0.2) is 47.6 Å². The summed E-state index contributed by atoms with van der Waals surface area (Å²) in [4.78, 5) is 8.31. The van der Waals surface area contributed by atoms with Gasteiger partial charge in [0.15, 0.2) is 11.7 Å². The summed E-state index contributed by atoms with van der Waals surface area (Å²) in [6.07, 6.45) is 0.261. The highest BCUT2D eigenvalue weighted by molar-refractivity contribution is 14.0. The third-order valence-electron chi connectivity index (χ3n) is 3.95. The van der Waals surface area contributed by atoms with Gasteiger partial charge in [0.25, 0.3) is 0 Å². The van der Waals surface area contributed by atoms with Gasteiger partial charge in [0.1, 0.15) is 6.10 Å². The number of halogens is 4. The second-order valence-electron chi connectivity index (χ2n) is 6.04. The summed E-state index contributed by atoms with van der Waals surface area (Å²) >= 11 is 0. The molecule has 0 bridgehead atoms. The molecule has 0 unspecified atom stereocenters. The summed E-state index contributed by atoms with van der Waals surface area (Å²) in [5.41, 5.74) is 6.68. The van der Waals surface area contributed by atoms with E-state index in [-0.39, 0.29) is 54.0 Å². The Bertz CT molecular complexity index is 813. The molecule has 1 aromatic carbocycles. The quantitative estimate of drug-likeness (QED) is 0.342. The molecule has 152 valence electrons. The van der Waals surface area contributed by atoms with E-state index in [1.807, 2.05) is 0 Å². The van der Waals surface area contributed by atoms with Crippen LogP contribution in [0, 0.1) is 0 Å². The Morgan fingerprint density at radius 2 is 2.00 bits per heavy atom. The Balaban J connectivity index is 0.00000280. The maximum Gasteiger partial charge on any atom is 0.573 e. The van der Waals surface area contributed by atoms with Crippen molar-refractivity contribution in [3.63, 3.8) is 0 Å². The van der Waals surface area contributed by atoms with Crippen molar-refractivity contribution < 1.29 is 22.6 Å². The number of hydrogen-bond acceptors (Lipinski definition) is 4. The average Bonchev–Trinajstić information content (AvgIpc) is 2.57. The first-order chi connectivity index (χ1) is 12.9. The highest BCUT2D eigenvalue weighted by Crippen LogP contribution is 2.29. The molecule has 3 N–H and O–H groups in total. The molecule has 0 atom stereocenters. The maximum absolute atomic E-state index is 12.5. The summed E-state index contributed by atoms with van der Waals surface area (Å²) in [6.45, 7) is 0.227. The van der Waals surface area contributed by atoms with Gasteiger partial charge in [0, 0.05) is 12.3 Å². The average molecular weight is 508 g/mol. The zero-order valence-corrected chi connectivity index (χ0v) is 17.1. The van der Waals surface area contributed by atoms with E-state index in [0.717, 1.165) is 24.8 Å². The molecule has 0 radical (unpaired) electrons. The minimum absolute atomic E-state index is 0. The van der Waals surface area contributed by atoms with Gasteiger partial charge < -0.3 is 20.5 Å². The number of pyridine rings is 1. The molecule has 2 aromatic rings. The monoisotopic (exact) mass is 508 g/mol. The van der Waals surface area contributed by atoms with Gasteiger partial charge in [-0.25, -0.2) is 9.98 Å². The lowest BCUT2D eigenvalue weighted by Gasteiger charge is -2.25. The highest BCUT2D eigenvalue weighted by Gasteiger charge is 2.32. The van der Waals surface area contributed by atoms with Gasteiger partial charge in [0.2, 0.25) is 5.88 Å². The second-order valence-corrected chi connectivity index (χ2v) is 6.04. The fourth-order valence-electron chi connectivity index (χ4n) is 2.41. The van der Waals surface area contributed by atoms with Crippen LogP contribution in [0.2, 0.25) is 0 Å². The molecule has 0 aliphatic heterocycles. The van der Waals surface area contributed by atoms with Crippen LogP contribution in [0.25, 0.3) is 0 Å². The number of aromatic nitrogens is 1. The van der Waals surface area contributed by atoms with Crippen LogP contribution >= 0.6 is 24.0 Å². The van der Waals surface area contributed by atoms with Crippen molar-refractivity contribution >= 4 is 35.6 Å². The van der Waals surface area contributed by atoms with Crippen LogP contribution in [0.1, 0.15) is 24.8 Å². The molecule has 1 aliphatic rings. The van der Waals surface area contributed by atoms with E-state index >= 15 is 0 Å². The molecular formula is C18H20F3IN4O2. The molecule has 1 heterocycles. The van der Waals surface area contributed by atoms with E-state index in [4.69, 9.17) is 10.5 Å². The molecular weight excluding hydrogens is 488 g/mol. The topological polar surface area (TPSA) is 81.8 Å². The Kier molecular flexibility index (Phi) is 7.72. The lowest BCUT2D eigenvalue weighted by Crippen LogP contribution is -2.25. The number of para-hydroxylation sites is 2. The van der Waals surface area contributed by atoms with Crippen molar-refractivity contribution in [1.82, 2.24) is 4.98 Å². The fraction of sp³-hybridized carbons (Fsp3) is 0.333. The largest absolute Gasteiger partial charge is 0.573 e. The Morgan fingerprint density at radius 1 is 1.25 bits per heavy atom. The van der Waals surface area contributed by atoms with Gasteiger partial charge in [-0.3, -0.25) is 0 Å². The Hall–Kier alpha value is -2.24. The van der Waals surface area contributed by atoms with Gasteiger partial charge in [0.05, 0.1) is 12.2 Å². The van der Waals surface area contributed by atoms with E-state index in [2.05, 4.69) is 20.0 Å². The van der Waals surface area contributed by atoms with E-state index in [0.29, 0.717) is 5.88 Å². The minimum atomic E-state index is -4.79. The highest BCUT2D eigenvalue weighted by atomic mass is 127. The second kappa shape index (κ2) is 9.80. The summed E-state index contributed by atoms with van der Waals surface area (Å²) in [6, 6.07) is 9.14. The van der Waals surface area contributed by atoms with Gasteiger partial charge >= 0.3 is 6.36 Å². The standard InChI is InChI=1S/C18H19F3N4O2.HI/c19-18(20,21)27-15-7-2-1-6-14(15)25-17(22)24-11-12-8-9-23-16(10-12)26-13-4-3-5-13;/h1-2,6-10,13H,3-5,11H2,(H3,22,24,25);1H. The van der Waals surface area contributed by atoms with Crippen molar-refractivity contribution in [2.45, 2.75) is 38.3 Å². The Labute approximate surface area is 177 Å². The van der Waals surface area contributed by atoms with Crippen molar-refractivity contribution in [3.8, 4) is 11.6 Å². The third kappa shape index (κ3) is 6.73. The summed E-state index contributed by atoms with van der Waals surface area (Å²) in [5, 5.41) is 2.62. The van der Waals surface area contributed by atoms with Crippen molar-refractivity contribution in [2.75, 3.05) is 5.32 Å². The molecule has 0 spiro atoms. The molecule has 28 heavy (non-hydrogen) atoms. The first-order valence-electron chi connectivity index (χ1n) is 8.42. The first-order valence-corrected chi connectivity index (χ1v) is 8.42. The van der Waals surface area contributed by atoms with Crippen LogP contribution < -0.4 is 20.5 Å². The number of guanidine groups is 1. The number of nitrogens with one attached hydrogen (secondary N) is 1.